The van der Waals surface area contributed by atoms with E-state index in [1.54, 1.807) is 6.08 Å². The Hall–Kier alpha value is -1.60. The molecule has 0 saturated carbocycles. The number of carbonyl (C=O) groups is 1. The van der Waals surface area contributed by atoms with E-state index in [1.165, 1.54) is 4.57 Å². The summed E-state index contributed by atoms with van der Waals surface area (Å²) in [7, 11) is -0.735. The summed E-state index contributed by atoms with van der Waals surface area (Å²) in [6.07, 6.45) is 1.71. The standard InChI is InChI=1S/C15H20BNO5/c1-6-17-10-8-11(18)9(7-12(10)20-13(17)19)16-21-14(2,3)15(4,5)22-16/h7H,6,8H2,1-5H3. The van der Waals surface area contributed by atoms with Gasteiger partial charge in [0.2, 0.25) is 0 Å². The summed E-state index contributed by atoms with van der Waals surface area (Å²) < 4.78 is 18.5. The van der Waals surface area contributed by atoms with Crippen molar-refractivity contribution in [2.45, 2.75) is 58.8 Å². The molecule has 2 aliphatic rings. The first-order chi connectivity index (χ1) is 10.2. The van der Waals surface area contributed by atoms with E-state index in [0.717, 1.165) is 0 Å². The van der Waals surface area contributed by atoms with Crippen molar-refractivity contribution in [1.29, 1.82) is 0 Å². The highest BCUT2D eigenvalue weighted by atomic mass is 16.7. The highest BCUT2D eigenvalue weighted by molar-refractivity contribution is 6.63. The lowest BCUT2D eigenvalue weighted by molar-refractivity contribution is -0.114. The van der Waals surface area contributed by atoms with Crippen LogP contribution in [0.5, 0.6) is 0 Å². The largest absolute Gasteiger partial charge is 0.498 e. The molecule has 1 aromatic rings. The number of carbonyl (C=O) groups excluding carboxylic acids is 1. The monoisotopic (exact) mass is 305 g/mol. The molecule has 0 amide bonds. The molecule has 1 fully saturated rings. The van der Waals surface area contributed by atoms with Crippen molar-refractivity contribution in [2.75, 3.05) is 0 Å². The van der Waals surface area contributed by atoms with Crippen LogP contribution in [-0.4, -0.2) is 28.7 Å². The second kappa shape index (κ2) is 4.70. The Labute approximate surface area is 129 Å². The Morgan fingerprint density at radius 1 is 1.18 bits per heavy atom. The summed E-state index contributed by atoms with van der Waals surface area (Å²) in [4.78, 5) is 24.2. The van der Waals surface area contributed by atoms with Gasteiger partial charge in [0.15, 0.2) is 11.5 Å². The smallest absolute Gasteiger partial charge is 0.408 e. The van der Waals surface area contributed by atoms with Crippen molar-refractivity contribution < 1.29 is 18.5 Å². The molecule has 1 aliphatic heterocycles. The van der Waals surface area contributed by atoms with Crippen LogP contribution in [0.4, 0.5) is 0 Å². The van der Waals surface area contributed by atoms with E-state index < -0.39 is 24.1 Å². The quantitative estimate of drug-likeness (QED) is 0.776. The van der Waals surface area contributed by atoms with Gasteiger partial charge in [-0.3, -0.25) is 9.36 Å². The molecule has 0 aromatic carbocycles. The minimum absolute atomic E-state index is 0.103. The lowest BCUT2D eigenvalue weighted by Crippen LogP contribution is -2.41. The highest BCUT2D eigenvalue weighted by Gasteiger charge is 2.54. The fraction of sp³-hybridized carbons (Fsp3) is 0.600. The topological polar surface area (TPSA) is 70.7 Å². The fourth-order valence-electron chi connectivity index (χ4n) is 2.71. The van der Waals surface area contributed by atoms with Crippen molar-refractivity contribution >= 4 is 19.0 Å². The number of rotatable bonds is 2. The summed E-state index contributed by atoms with van der Waals surface area (Å²) in [5, 5.41) is 0. The second-order valence-corrected chi connectivity index (χ2v) is 6.71. The summed E-state index contributed by atoms with van der Waals surface area (Å²) in [5.41, 5.74) is -0.00857. The number of oxazole rings is 1. The second-order valence-electron chi connectivity index (χ2n) is 6.71. The van der Waals surface area contributed by atoms with Gasteiger partial charge < -0.3 is 13.7 Å². The van der Waals surface area contributed by atoms with Gasteiger partial charge in [-0.1, -0.05) is 0 Å². The van der Waals surface area contributed by atoms with Gasteiger partial charge in [0, 0.05) is 12.0 Å². The first-order valence-electron chi connectivity index (χ1n) is 7.49. The van der Waals surface area contributed by atoms with Gasteiger partial charge in [0.25, 0.3) is 0 Å². The molecule has 118 valence electrons. The maximum Gasteiger partial charge on any atom is 0.498 e. The number of hydrogen-bond donors (Lipinski definition) is 0. The molecule has 0 N–H and O–H groups in total. The summed E-state index contributed by atoms with van der Waals surface area (Å²) in [6.45, 7) is 10.0. The number of allylic oxidation sites excluding steroid dienone is 1. The molecule has 0 bridgehead atoms. The predicted molar refractivity (Wildman–Crippen MR) is 81.4 cm³/mol. The molecule has 3 rings (SSSR count). The molecule has 0 unspecified atom stereocenters. The molecule has 7 heteroatoms. The van der Waals surface area contributed by atoms with E-state index in [-0.39, 0.29) is 12.2 Å². The Morgan fingerprint density at radius 2 is 1.77 bits per heavy atom. The molecule has 0 atom stereocenters. The van der Waals surface area contributed by atoms with Gasteiger partial charge in [-0.2, -0.15) is 0 Å². The van der Waals surface area contributed by atoms with Crippen molar-refractivity contribution in [2.24, 2.45) is 0 Å². The SMILES string of the molecule is CCn1c2c(oc1=O)C=C(B1OC(C)(C)C(C)(C)O1)C(=O)C2. The normalized spacial score (nSPS) is 22.7. The molecule has 0 radical (unpaired) electrons. The van der Waals surface area contributed by atoms with Crippen LogP contribution in [0.2, 0.25) is 0 Å². The first kappa shape index (κ1) is 15.3. The Balaban J connectivity index is 2.00. The van der Waals surface area contributed by atoms with E-state index in [4.69, 9.17) is 13.7 Å². The van der Waals surface area contributed by atoms with E-state index in [2.05, 4.69) is 0 Å². The molecule has 1 aliphatic carbocycles. The molecule has 2 heterocycles. The number of Topliss-reactive ketones (excluding diaryl/α,β-unsaturated/α-hetero) is 1. The van der Waals surface area contributed by atoms with Crippen LogP contribution in [0.25, 0.3) is 6.08 Å². The summed E-state index contributed by atoms with van der Waals surface area (Å²) >= 11 is 0. The zero-order valence-electron chi connectivity index (χ0n) is 13.6. The number of fused-ring (bicyclic) bond motifs is 1. The molecular weight excluding hydrogens is 285 g/mol. The fourth-order valence-corrected chi connectivity index (χ4v) is 2.71. The van der Waals surface area contributed by atoms with Crippen LogP contribution in [0.1, 0.15) is 46.1 Å². The molecule has 22 heavy (non-hydrogen) atoms. The molecule has 1 saturated heterocycles. The van der Waals surface area contributed by atoms with Gasteiger partial charge in [-0.25, -0.2) is 4.79 Å². The Morgan fingerprint density at radius 3 is 2.32 bits per heavy atom. The van der Waals surface area contributed by atoms with Crippen molar-refractivity contribution in [3.8, 4) is 0 Å². The minimum Gasteiger partial charge on any atom is -0.408 e. The Bertz CT molecular complexity index is 709. The predicted octanol–water partition coefficient (Wildman–Crippen LogP) is 1.60. The first-order valence-corrected chi connectivity index (χ1v) is 7.49. The minimum atomic E-state index is -0.735. The molecule has 0 spiro atoms. The van der Waals surface area contributed by atoms with Crippen molar-refractivity contribution in [1.82, 2.24) is 4.57 Å². The van der Waals surface area contributed by atoms with E-state index in [0.29, 0.717) is 23.5 Å². The lowest BCUT2D eigenvalue weighted by atomic mass is 9.72. The van der Waals surface area contributed by atoms with Crippen LogP contribution in [0.15, 0.2) is 14.7 Å². The van der Waals surface area contributed by atoms with Gasteiger partial charge in [-0.15, -0.1) is 0 Å². The molecule has 6 nitrogen and oxygen atoms in total. The van der Waals surface area contributed by atoms with Crippen LogP contribution in [0.3, 0.4) is 0 Å². The third kappa shape index (κ3) is 2.11. The van der Waals surface area contributed by atoms with E-state index in [9.17, 15) is 9.59 Å². The van der Waals surface area contributed by atoms with Crippen LogP contribution in [0, 0.1) is 0 Å². The maximum absolute atomic E-state index is 12.5. The van der Waals surface area contributed by atoms with Crippen LogP contribution < -0.4 is 5.76 Å². The number of aromatic nitrogens is 1. The number of ketones is 1. The van der Waals surface area contributed by atoms with Gasteiger partial charge >= 0.3 is 12.9 Å². The van der Waals surface area contributed by atoms with Gasteiger partial charge in [0.1, 0.15) is 0 Å². The molecular formula is C15H20BNO5. The van der Waals surface area contributed by atoms with Crippen molar-refractivity contribution in [3.63, 3.8) is 0 Å². The lowest BCUT2D eigenvalue weighted by Gasteiger charge is -2.32. The number of hydrogen-bond acceptors (Lipinski definition) is 5. The van der Waals surface area contributed by atoms with E-state index >= 15 is 0 Å². The van der Waals surface area contributed by atoms with Crippen LogP contribution >= 0.6 is 0 Å². The highest BCUT2D eigenvalue weighted by Crippen LogP contribution is 2.39. The molecule has 1 aromatic heterocycles. The summed E-state index contributed by atoms with van der Waals surface area (Å²) in [5.74, 6) is -0.114. The van der Waals surface area contributed by atoms with Gasteiger partial charge in [0.05, 0.1) is 23.3 Å². The summed E-state index contributed by atoms with van der Waals surface area (Å²) in [6, 6.07) is 0. The average molecular weight is 305 g/mol. The number of nitrogens with zero attached hydrogens (tertiary/aromatic N) is 1. The van der Waals surface area contributed by atoms with Gasteiger partial charge in [-0.05, 0) is 40.7 Å². The van der Waals surface area contributed by atoms with E-state index in [1.807, 2.05) is 34.6 Å². The maximum atomic E-state index is 12.5. The average Bonchev–Trinajstić information content (AvgIpc) is 2.81. The Kier molecular flexibility index (Phi) is 3.27. The third-order valence-electron chi connectivity index (χ3n) is 4.79. The third-order valence-corrected chi connectivity index (χ3v) is 4.79. The van der Waals surface area contributed by atoms with Crippen molar-refractivity contribution in [3.05, 3.63) is 27.5 Å². The van der Waals surface area contributed by atoms with Crippen LogP contribution in [-0.2, 0) is 27.1 Å². The zero-order chi connectivity index (χ0) is 16.3. The zero-order valence-corrected chi connectivity index (χ0v) is 13.6.